The Balaban J connectivity index is 1.57. The lowest BCUT2D eigenvalue weighted by Gasteiger charge is -2.27. The molecule has 0 aliphatic carbocycles. The minimum atomic E-state index is -4.04. The fourth-order valence-electron chi connectivity index (χ4n) is 4.51. The van der Waals surface area contributed by atoms with E-state index in [0.717, 1.165) is 24.8 Å². The first-order chi connectivity index (χ1) is 18.0. The number of likely N-dealkylation sites (tertiary alicyclic amines) is 1. The molecule has 3 aromatic carbocycles. The van der Waals surface area contributed by atoms with Gasteiger partial charge in [0.05, 0.1) is 17.6 Å². The number of ketones is 1. The van der Waals surface area contributed by atoms with Crippen molar-refractivity contribution in [3.05, 3.63) is 89.0 Å². The van der Waals surface area contributed by atoms with Crippen molar-refractivity contribution >= 4 is 27.4 Å². The Kier molecular flexibility index (Phi) is 7.92. The number of sulfonamides is 1. The number of benzene rings is 3. The van der Waals surface area contributed by atoms with Crippen molar-refractivity contribution in [2.75, 3.05) is 24.9 Å². The van der Waals surface area contributed by atoms with Crippen LogP contribution < -0.4 is 9.46 Å². The van der Waals surface area contributed by atoms with E-state index >= 15 is 0 Å². The number of piperidine rings is 1. The van der Waals surface area contributed by atoms with E-state index in [-0.39, 0.29) is 33.3 Å². The molecular weight excluding hydrogens is 500 g/mol. The summed E-state index contributed by atoms with van der Waals surface area (Å²) in [5.74, 6) is -0.126. The van der Waals surface area contributed by atoms with Crippen LogP contribution in [-0.2, 0) is 15.4 Å². The van der Waals surface area contributed by atoms with E-state index in [1.165, 1.54) is 31.4 Å². The Morgan fingerprint density at radius 3 is 2.18 bits per heavy atom. The van der Waals surface area contributed by atoms with Gasteiger partial charge in [-0.3, -0.25) is 14.3 Å². The van der Waals surface area contributed by atoms with E-state index in [0.29, 0.717) is 30.0 Å². The molecule has 0 atom stereocenters. The fraction of sp³-hybridized carbons (Fsp3) is 0.333. The molecule has 0 unspecified atom stereocenters. The van der Waals surface area contributed by atoms with Crippen LogP contribution >= 0.6 is 0 Å². The Bertz CT molecular complexity index is 1430. The number of hydrogen-bond donors (Lipinski definition) is 1. The fourth-order valence-corrected chi connectivity index (χ4v) is 5.59. The standard InChI is InChI=1S/C30H34N2O5S/c1-30(2,3)23-13-11-21(12-14-23)28(33)22-9-8-10-24(19-22)31-38(35,36)25-15-16-27(37-4)26(20-25)29(34)32-17-6-5-7-18-32/h8-16,19-20,31H,5-7,17-18H2,1-4H3. The average molecular weight is 535 g/mol. The molecule has 0 radical (unpaired) electrons. The predicted molar refractivity (Wildman–Crippen MR) is 149 cm³/mol. The highest BCUT2D eigenvalue weighted by molar-refractivity contribution is 7.92. The Morgan fingerprint density at radius 1 is 0.868 bits per heavy atom. The summed E-state index contributed by atoms with van der Waals surface area (Å²) in [7, 11) is -2.59. The molecule has 1 aliphatic heterocycles. The van der Waals surface area contributed by atoms with Crippen molar-refractivity contribution in [2.24, 2.45) is 0 Å². The Hall–Kier alpha value is -3.65. The van der Waals surface area contributed by atoms with Crippen molar-refractivity contribution in [1.29, 1.82) is 0 Å². The third-order valence-corrected chi connectivity index (χ3v) is 8.12. The first-order valence-corrected chi connectivity index (χ1v) is 14.2. The summed E-state index contributed by atoms with van der Waals surface area (Å²) in [6.45, 7) is 7.59. The van der Waals surface area contributed by atoms with Gasteiger partial charge in [-0.15, -0.1) is 0 Å². The minimum absolute atomic E-state index is 0.0283. The smallest absolute Gasteiger partial charge is 0.261 e. The van der Waals surface area contributed by atoms with Crippen LogP contribution in [0.1, 0.15) is 71.9 Å². The molecule has 3 aromatic rings. The Morgan fingerprint density at radius 2 is 1.55 bits per heavy atom. The number of methoxy groups -OCH3 is 1. The van der Waals surface area contributed by atoms with Gasteiger partial charge in [-0.2, -0.15) is 0 Å². The lowest BCUT2D eigenvalue weighted by molar-refractivity contribution is 0.0720. The number of carbonyl (C=O) groups excluding carboxylic acids is 2. The Labute approximate surface area is 224 Å². The highest BCUT2D eigenvalue weighted by Crippen LogP contribution is 2.27. The molecule has 38 heavy (non-hydrogen) atoms. The molecule has 4 rings (SSSR count). The lowest BCUT2D eigenvalue weighted by Crippen LogP contribution is -2.35. The van der Waals surface area contributed by atoms with Crippen LogP contribution in [0.25, 0.3) is 0 Å². The van der Waals surface area contributed by atoms with Gasteiger partial charge in [0.15, 0.2) is 5.78 Å². The summed E-state index contributed by atoms with van der Waals surface area (Å²) in [6, 6.07) is 18.1. The van der Waals surface area contributed by atoms with Crippen LogP contribution in [0, 0.1) is 0 Å². The molecule has 1 aliphatic rings. The topological polar surface area (TPSA) is 92.8 Å². The van der Waals surface area contributed by atoms with Crippen LogP contribution in [0.2, 0.25) is 0 Å². The average Bonchev–Trinajstić information content (AvgIpc) is 2.92. The normalized spacial score (nSPS) is 14.2. The van der Waals surface area contributed by atoms with E-state index in [9.17, 15) is 18.0 Å². The molecule has 0 bridgehead atoms. The number of anilines is 1. The molecule has 1 fully saturated rings. The molecule has 1 saturated heterocycles. The van der Waals surface area contributed by atoms with Crippen LogP contribution in [0.5, 0.6) is 5.75 Å². The zero-order chi connectivity index (χ0) is 27.5. The SMILES string of the molecule is COc1ccc(S(=O)(=O)Nc2cccc(C(=O)c3ccc(C(C)(C)C)cc3)c2)cc1C(=O)N1CCCCC1. The van der Waals surface area contributed by atoms with Crippen molar-refractivity contribution < 1.29 is 22.7 Å². The van der Waals surface area contributed by atoms with E-state index < -0.39 is 10.0 Å². The maximum Gasteiger partial charge on any atom is 0.261 e. The third kappa shape index (κ3) is 6.07. The van der Waals surface area contributed by atoms with Crippen molar-refractivity contribution in [2.45, 2.75) is 50.3 Å². The van der Waals surface area contributed by atoms with E-state index in [4.69, 9.17) is 4.74 Å². The molecule has 1 heterocycles. The number of nitrogens with zero attached hydrogens (tertiary/aromatic N) is 1. The van der Waals surface area contributed by atoms with E-state index in [1.807, 2.05) is 12.1 Å². The van der Waals surface area contributed by atoms with Crippen molar-refractivity contribution in [1.82, 2.24) is 4.90 Å². The summed E-state index contributed by atoms with van der Waals surface area (Å²) in [5.41, 5.74) is 2.44. The van der Waals surface area contributed by atoms with Crippen LogP contribution in [0.4, 0.5) is 5.69 Å². The van der Waals surface area contributed by atoms with Crippen LogP contribution in [-0.4, -0.2) is 45.2 Å². The predicted octanol–water partition coefficient (Wildman–Crippen LogP) is 5.65. The lowest BCUT2D eigenvalue weighted by atomic mass is 9.86. The van der Waals surface area contributed by atoms with Gasteiger partial charge >= 0.3 is 0 Å². The summed E-state index contributed by atoms with van der Waals surface area (Å²) in [5, 5.41) is 0. The molecule has 0 saturated carbocycles. The zero-order valence-corrected chi connectivity index (χ0v) is 23.1. The van der Waals surface area contributed by atoms with E-state index in [1.54, 1.807) is 35.2 Å². The second kappa shape index (κ2) is 11.0. The van der Waals surface area contributed by atoms with Gasteiger partial charge in [0.25, 0.3) is 15.9 Å². The maximum absolute atomic E-state index is 13.3. The minimum Gasteiger partial charge on any atom is -0.496 e. The van der Waals surface area contributed by atoms with Crippen LogP contribution in [0.3, 0.4) is 0 Å². The largest absolute Gasteiger partial charge is 0.496 e. The quantitative estimate of drug-likeness (QED) is 0.396. The van der Waals surface area contributed by atoms with E-state index in [2.05, 4.69) is 25.5 Å². The van der Waals surface area contributed by atoms with Crippen molar-refractivity contribution in [3.8, 4) is 5.75 Å². The molecule has 0 spiro atoms. The van der Waals surface area contributed by atoms with Gasteiger partial charge < -0.3 is 9.64 Å². The van der Waals surface area contributed by atoms with Gasteiger partial charge in [0.1, 0.15) is 5.75 Å². The second-order valence-electron chi connectivity index (χ2n) is 10.6. The summed E-state index contributed by atoms with van der Waals surface area (Å²) >= 11 is 0. The molecule has 1 N–H and O–H groups in total. The van der Waals surface area contributed by atoms with Gasteiger partial charge in [-0.25, -0.2) is 8.42 Å². The summed E-state index contributed by atoms with van der Waals surface area (Å²) in [4.78, 5) is 27.9. The van der Waals surface area contributed by atoms with Gasteiger partial charge in [-0.05, 0) is 60.6 Å². The number of nitrogens with one attached hydrogen (secondary N) is 1. The number of carbonyl (C=O) groups is 2. The number of amides is 1. The highest BCUT2D eigenvalue weighted by atomic mass is 32.2. The molecule has 8 heteroatoms. The number of rotatable bonds is 7. The second-order valence-corrected chi connectivity index (χ2v) is 12.2. The van der Waals surface area contributed by atoms with Gasteiger partial charge in [0, 0.05) is 29.9 Å². The van der Waals surface area contributed by atoms with Gasteiger partial charge in [-0.1, -0.05) is 57.2 Å². The monoisotopic (exact) mass is 534 g/mol. The highest BCUT2D eigenvalue weighted by Gasteiger charge is 2.25. The first kappa shape index (κ1) is 27.4. The third-order valence-electron chi connectivity index (χ3n) is 6.75. The molecular formula is C30H34N2O5S. The number of ether oxygens (including phenoxy) is 1. The molecule has 200 valence electrons. The maximum atomic E-state index is 13.3. The van der Waals surface area contributed by atoms with Crippen LogP contribution in [0.15, 0.2) is 71.6 Å². The van der Waals surface area contributed by atoms with Gasteiger partial charge in [0.2, 0.25) is 0 Å². The number of hydrogen-bond acceptors (Lipinski definition) is 5. The molecule has 7 nitrogen and oxygen atoms in total. The molecule has 0 aromatic heterocycles. The van der Waals surface area contributed by atoms with Crippen molar-refractivity contribution in [3.63, 3.8) is 0 Å². The summed E-state index contributed by atoms with van der Waals surface area (Å²) in [6.07, 6.45) is 2.91. The first-order valence-electron chi connectivity index (χ1n) is 12.7. The summed E-state index contributed by atoms with van der Waals surface area (Å²) < 4.78 is 34.4. The molecule has 1 amide bonds. The zero-order valence-electron chi connectivity index (χ0n) is 22.3.